The molecule has 6 nitrogen and oxygen atoms in total. The van der Waals surface area contributed by atoms with Gasteiger partial charge in [0.1, 0.15) is 5.60 Å². The Labute approximate surface area is 141 Å². The normalized spacial score (nSPS) is 11.0. The molecule has 0 unspecified atom stereocenters. The number of benzene rings is 1. The lowest BCUT2D eigenvalue weighted by atomic mass is 9.95. The molecule has 0 aliphatic heterocycles. The number of carbonyl (C=O) groups is 1. The molecule has 0 saturated heterocycles. The lowest BCUT2D eigenvalue weighted by Gasteiger charge is -2.29. The van der Waals surface area contributed by atoms with Crippen molar-refractivity contribution < 1.29 is 19.0 Å². The Kier molecular flexibility index (Phi) is 4.97. The van der Waals surface area contributed by atoms with E-state index in [0.717, 1.165) is 11.1 Å². The summed E-state index contributed by atoms with van der Waals surface area (Å²) in [7, 11) is 2.82. The molecular weight excluding hydrogens is 308 g/mol. The Morgan fingerprint density at radius 3 is 2.50 bits per heavy atom. The lowest BCUT2D eigenvalue weighted by molar-refractivity contribution is 0.0598. The van der Waals surface area contributed by atoms with Crippen LogP contribution in [0.4, 0.5) is 5.69 Å². The van der Waals surface area contributed by atoms with Crippen LogP contribution in [0.15, 0.2) is 30.6 Å². The summed E-state index contributed by atoms with van der Waals surface area (Å²) in [5.74, 6) is 0.325. The zero-order chi connectivity index (χ0) is 17.9. The molecule has 0 radical (unpaired) electrons. The molecule has 0 aliphatic carbocycles. The van der Waals surface area contributed by atoms with Crippen LogP contribution in [0, 0.1) is 6.92 Å². The monoisotopic (exact) mass is 330 g/mol. The molecular formula is C18H22N2O4. The average Bonchev–Trinajstić information content (AvgIpc) is 2.55. The number of ether oxygens (including phenoxy) is 3. The summed E-state index contributed by atoms with van der Waals surface area (Å²) in [5.41, 5.74) is 7.72. The molecule has 24 heavy (non-hydrogen) atoms. The maximum atomic E-state index is 11.9. The van der Waals surface area contributed by atoms with Gasteiger partial charge in [-0.05, 0) is 32.4 Å². The first kappa shape index (κ1) is 17.6. The van der Waals surface area contributed by atoms with E-state index in [1.54, 1.807) is 18.5 Å². The number of aryl methyl sites for hydroxylation is 1. The third-order valence-corrected chi connectivity index (χ3v) is 3.78. The van der Waals surface area contributed by atoms with E-state index >= 15 is 0 Å². The van der Waals surface area contributed by atoms with Crippen LogP contribution < -0.4 is 15.2 Å². The Balaban J connectivity index is 2.48. The number of esters is 1. The number of anilines is 1. The first-order valence-electron chi connectivity index (χ1n) is 7.46. The molecule has 2 N–H and O–H groups in total. The molecule has 1 aromatic heterocycles. The van der Waals surface area contributed by atoms with Gasteiger partial charge < -0.3 is 19.9 Å². The predicted molar refractivity (Wildman–Crippen MR) is 91.4 cm³/mol. The van der Waals surface area contributed by atoms with Gasteiger partial charge >= 0.3 is 5.97 Å². The molecule has 2 aromatic rings. The molecule has 1 heterocycles. The molecule has 0 aliphatic rings. The molecule has 0 bridgehead atoms. The van der Waals surface area contributed by atoms with E-state index in [1.807, 2.05) is 26.8 Å². The second-order valence-corrected chi connectivity index (χ2v) is 5.88. The Morgan fingerprint density at radius 2 is 1.92 bits per heavy atom. The third-order valence-electron chi connectivity index (χ3n) is 3.78. The van der Waals surface area contributed by atoms with Gasteiger partial charge in [0, 0.05) is 30.1 Å². The van der Waals surface area contributed by atoms with E-state index in [2.05, 4.69) is 4.98 Å². The van der Waals surface area contributed by atoms with Gasteiger partial charge in [-0.2, -0.15) is 0 Å². The summed E-state index contributed by atoms with van der Waals surface area (Å²) in [6.45, 7) is 5.83. The van der Waals surface area contributed by atoms with Crippen LogP contribution in [0.3, 0.4) is 0 Å². The number of hydrogen-bond donors (Lipinski definition) is 1. The fourth-order valence-electron chi connectivity index (χ4n) is 2.58. The predicted octanol–water partition coefficient (Wildman–Crippen LogP) is 3.08. The van der Waals surface area contributed by atoms with E-state index in [0.29, 0.717) is 11.5 Å². The molecule has 2 rings (SSSR count). The van der Waals surface area contributed by atoms with E-state index in [4.69, 9.17) is 19.9 Å². The van der Waals surface area contributed by atoms with Crippen LogP contribution in [0.5, 0.6) is 11.5 Å². The number of nitrogens with two attached hydrogens (primary N) is 1. The molecule has 1 aromatic carbocycles. The van der Waals surface area contributed by atoms with Crippen LogP contribution in [0.25, 0.3) is 0 Å². The Morgan fingerprint density at radius 1 is 1.21 bits per heavy atom. The number of nitrogen functional groups attached to an aromatic ring is 1. The van der Waals surface area contributed by atoms with Gasteiger partial charge in [0.2, 0.25) is 0 Å². The molecule has 6 heteroatoms. The lowest BCUT2D eigenvalue weighted by Crippen LogP contribution is -2.27. The molecule has 0 saturated carbocycles. The Bertz CT molecular complexity index is 757. The van der Waals surface area contributed by atoms with Crippen LogP contribution in [0.2, 0.25) is 0 Å². The van der Waals surface area contributed by atoms with Crippen molar-refractivity contribution in [2.24, 2.45) is 0 Å². The first-order valence-corrected chi connectivity index (χ1v) is 7.46. The highest BCUT2D eigenvalue weighted by Crippen LogP contribution is 2.38. The van der Waals surface area contributed by atoms with Crippen LogP contribution in [-0.2, 0) is 10.3 Å². The van der Waals surface area contributed by atoms with E-state index < -0.39 is 11.6 Å². The highest BCUT2D eigenvalue weighted by Gasteiger charge is 2.27. The molecule has 0 spiro atoms. The van der Waals surface area contributed by atoms with Crippen molar-refractivity contribution in [1.82, 2.24) is 4.98 Å². The summed E-state index contributed by atoms with van der Waals surface area (Å²) >= 11 is 0. The van der Waals surface area contributed by atoms with E-state index in [9.17, 15) is 4.79 Å². The van der Waals surface area contributed by atoms with E-state index in [1.165, 1.54) is 20.3 Å². The molecule has 0 amide bonds. The van der Waals surface area contributed by atoms with Gasteiger partial charge in [0.05, 0.1) is 25.5 Å². The Hall–Kier alpha value is -2.76. The summed E-state index contributed by atoms with van der Waals surface area (Å²) in [6.07, 6.45) is 3.49. The van der Waals surface area contributed by atoms with Gasteiger partial charge in [-0.3, -0.25) is 4.98 Å². The van der Waals surface area contributed by atoms with Crippen molar-refractivity contribution >= 4 is 11.7 Å². The van der Waals surface area contributed by atoms with Crippen LogP contribution in [0.1, 0.15) is 35.3 Å². The van der Waals surface area contributed by atoms with Crippen molar-refractivity contribution in [1.29, 1.82) is 0 Å². The van der Waals surface area contributed by atoms with Crippen molar-refractivity contribution in [3.63, 3.8) is 0 Å². The fourth-order valence-corrected chi connectivity index (χ4v) is 2.58. The summed E-state index contributed by atoms with van der Waals surface area (Å²) in [5, 5.41) is 0. The molecule has 0 atom stereocenters. The standard InChI is InChI=1S/C18H22N2O4/c1-11-10-20-7-6-13(11)18(2,3)24-16-8-12(17(21)23-5)14(19)9-15(16)22-4/h6-10H,19H2,1-5H3. The van der Waals surface area contributed by atoms with Gasteiger partial charge in [0.15, 0.2) is 11.5 Å². The van der Waals surface area contributed by atoms with Crippen molar-refractivity contribution in [3.8, 4) is 11.5 Å². The van der Waals surface area contributed by atoms with Gasteiger partial charge in [-0.1, -0.05) is 0 Å². The van der Waals surface area contributed by atoms with Crippen LogP contribution in [-0.4, -0.2) is 25.2 Å². The van der Waals surface area contributed by atoms with Crippen LogP contribution >= 0.6 is 0 Å². The average molecular weight is 330 g/mol. The number of rotatable bonds is 5. The maximum absolute atomic E-state index is 11.9. The van der Waals surface area contributed by atoms with Gasteiger partial charge in [-0.15, -0.1) is 0 Å². The van der Waals surface area contributed by atoms with Crippen molar-refractivity contribution in [2.45, 2.75) is 26.4 Å². The SMILES string of the molecule is COC(=O)c1cc(OC(C)(C)c2ccncc2C)c(OC)cc1N. The highest BCUT2D eigenvalue weighted by atomic mass is 16.5. The summed E-state index contributed by atoms with van der Waals surface area (Å²) < 4.78 is 16.3. The largest absolute Gasteiger partial charge is 0.493 e. The number of pyridine rings is 1. The summed E-state index contributed by atoms with van der Waals surface area (Å²) in [6, 6.07) is 5.00. The molecule has 0 fully saturated rings. The minimum Gasteiger partial charge on any atom is -0.493 e. The first-order chi connectivity index (χ1) is 11.3. The second-order valence-electron chi connectivity index (χ2n) is 5.88. The fraction of sp³-hybridized carbons (Fsp3) is 0.333. The third kappa shape index (κ3) is 3.42. The van der Waals surface area contributed by atoms with Crippen molar-refractivity contribution in [2.75, 3.05) is 20.0 Å². The zero-order valence-corrected chi connectivity index (χ0v) is 14.5. The number of carbonyl (C=O) groups excluding carboxylic acids is 1. The van der Waals surface area contributed by atoms with Gasteiger partial charge in [-0.25, -0.2) is 4.79 Å². The minimum absolute atomic E-state index is 0.232. The zero-order valence-electron chi connectivity index (χ0n) is 14.5. The van der Waals surface area contributed by atoms with Gasteiger partial charge in [0.25, 0.3) is 0 Å². The minimum atomic E-state index is -0.663. The summed E-state index contributed by atoms with van der Waals surface area (Å²) in [4.78, 5) is 16.0. The number of methoxy groups -OCH3 is 2. The number of nitrogens with zero attached hydrogens (tertiary/aromatic N) is 1. The molecule has 128 valence electrons. The van der Waals surface area contributed by atoms with Crippen molar-refractivity contribution in [3.05, 3.63) is 47.3 Å². The quantitative estimate of drug-likeness (QED) is 0.670. The highest BCUT2D eigenvalue weighted by molar-refractivity contribution is 5.96. The second kappa shape index (κ2) is 6.78. The number of hydrogen-bond acceptors (Lipinski definition) is 6. The smallest absolute Gasteiger partial charge is 0.340 e. The number of aromatic nitrogens is 1. The topological polar surface area (TPSA) is 83.7 Å². The van der Waals surface area contributed by atoms with E-state index in [-0.39, 0.29) is 11.3 Å². The maximum Gasteiger partial charge on any atom is 0.340 e.